The molecule has 16 heavy (non-hydrogen) atoms. The molecule has 0 aliphatic heterocycles. The highest BCUT2D eigenvalue weighted by Crippen LogP contribution is 2.25. The third kappa shape index (κ3) is 3.06. The number of aliphatic hydroxyl groups is 1. The Kier molecular flexibility index (Phi) is 3.82. The van der Waals surface area contributed by atoms with Gasteiger partial charge in [0.15, 0.2) is 0 Å². The van der Waals surface area contributed by atoms with Gasteiger partial charge in [-0.1, -0.05) is 0 Å². The third-order valence-electron chi connectivity index (χ3n) is 2.75. The topological polar surface area (TPSA) is 49.3 Å². The second-order valence-corrected chi connectivity index (χ2v) is 7.20. The van der Waals surface area contributed by atoms with Gasteiger partial charge >= 0.3 is 0 Å². The molecule has 3 nitrogen and oxygen atoms in total. The zero-order valence-electron chi connectivity index (χ0n) is 9.80. The molecule has 0 spiro atoms. The third-order valence-corrected chi connectivity index (χ3v) is 4.37. The number of hydrogen-bond donors (Lipinski definition) is 2. The van der Waals surface area contributed by atoms with Gasteiger partial charge in [0.05, 0.1) is 19.8 Å². The first-order chi connectivity index (χ1) is 7.13. The molecular formula is C11H16BrNO2S. The Morgan fingerprint density at radius 1 is 1.38 bits per heavy atom. The molecule has 1 amide bonds. The van der Waals surface area contributed by atoms with Gasteiger partial charge in [-0.05, 0) is 55.8 Å². The smallest absolute Gasteiger partial charge is 0.261 e. The minimum Gasteiger partial charge on any atom is -0.388 e. The van der Waals surface area contributed by atoms with E-state index in [1.165, 1.54) is 11.3 Å². The molecule has 5 heteroatoms. The van der Waals surface area contributed by atoms with E-state index < -0.39 is 11.1 Å². The summed E-state index contributed by atoms with van der Waals surface area (Å²) in [7, 11) is 0. The van der Waals surface area contributed by atoms with Crippen LogP contribution in [0.2, 0.25) is 0 Å². The fourth-order valence-corrected chi connectivity index (χ4v) is 2.22. The number of thiophene rings is 1. The number of carbonyl (C=O) groups excluding carboxylic acids is 1. The fraction of sp³-hybridized carbons (Fsp3) is 0.545. The van der Waals surface area contributed by atoms with Gasteiger partial charge in [-0.15, -0.1) is 11.3 Å². The molecule has 1 rings (SSSR count). The molecule has 2 N–H and O–H groups in total. The summed E-state index contributed by atoms with van der Waals surface area (Å²) in [6.45, 7) is 6.95. The maximum Gasteiger partial charge on any atom is 0.261 e. The summed E-state index contributed by atoms with van der Waals surface area (Å²) in [4.78, 5) is 12.5. The van der Waals surface area contributed by atoms with Crippen LogP contribution in [-0.2, 0) is 0 Å². The monoisotopic (exact) mass is 305 g/mol. The van der Waals surface area contributed by atoms with Crippen LogP contribution >= 0.6 is 27.3 Å². The highest BCUT2D eigenvalue weighted by molar-refractivity contribution is 9.11. The first-order valence-electron chi connectivity index (χ1n) is 4.94. The van der Waals surface area contributed by atoms with Crippen LogP contribution in [0.15, 0.2) is 15.9 Å². The van der Waals surface area contributed by atoms with Crippen LogP contribution < -0.4 is 5.32 Å². The predicted octanol–water partition coefficient (Wildman–Crippen LogP) is 2.79. The van der Waals surface area contributed by atoms with Gasteiger partial charge in [0, 0.05) is 0 Å². The Morgan fingerprint density at radius 3 is 2.31 bits per heavy atom. The number of hydrogen-bond acceptors (Lipinski definition) is 3. The molecule has 0 fully saturated rings. The van der Waals surface area contributed by atoms with Gasteiger partial charge in [-0.25, -0.2) is 0 Å². The summed E-state index contributed by atoms with van der Waals surface area (Å²) in [6.07, 6.45) is 0. The number of amides is 1. The van der Waals surface area contributed by atoms with Crippen molar-refractivity contribution in [3.05, 3.63) is 20.8 Å². The second kappa shape index (κ2) is 4.47. The van der Waals surface area contributed by atoms with Gasteiger partial charge in [0.2, 0.25) is 0 Å². The SMILES string of the molecule is CC(C)(O)C(C)(C)NC(=O)c1ccc(Br)s1. The molecular weight excluding hydrogens is 290 g/mol. The lowest BCUT2D eigenvalue weighted by atomic mass is 9.86. The number of rotatable bonds is 3. The highest BCUT2D eigenvalue weighted by atomic mass is 79.9. The van der Waals surface area contributed by atoms with Crippen molar-refractivity contribution in [2.75, 3.05) is 0 Å². The first kappa shape index (κ1) is 13.7. The lowest BCUT2D eigenvalue weighted by Crippen LogP contribution is -2.57. The molecule has 0 aromatic carbocycles. The first-order valence-corrected chi connectivity index (χ1v) is 6.55. The van der Waals surface area contributed by atoms with E-state index in [1.807, 2.05) is 6.07 Å². The average Bonchev–Trinajstić information content (AvgIpc) is 2.48. The molecule has 1 heterocycles. The zero-order chi connectivity index (χ0) is 12.6. The molecule has 0 aliphatic carbocycles. The summed E-state index contributed by atoms with van der Waals surface area (Å²) in [6, 6.07) is 3.58. The van der Waals surface area contributed by atoms with E-state index in [2.05, 4.69) is 21.2 Å². The Bertz CT molecular complexity index is 393. The summed E-state index contributed by atoms with van der Waals surface area (Å²) in [5.41, 5.74) is -1.66. The molecule has 0 atom stereocenters. The molecule has 0 unspecified atom stereocenters. The van der Waals surface area contributed by atoms with Crippen molar-refractivity contribution in [2.24, 2.45) is 0 Å². The number of nitrogens with one attached hydrogen (secondary N) is 1. The largest absolute Gasteiger partial charge is 0.388 e. The minimum atomic E-state index is -0.975. The van der Waals surface area contributed by atoms with Crippen LogP contribution in [-0.4, -0.2) is 22.2 Å². The second-order valence-electron chi connectivity index (χ2n) is 4.74. The van der Waals surface area contributed by atoms with Crippen molar-refractivity contribution in [1.82, 2.24) is 5.32 Å². The van der Waals surface area contributed by atoms with Crippen LogP contribution in [0.1, 0.15) is 37.4 Å². The maximum atomic E-state index is 11.9. The molecule has 1 aromatic rings. The zero-order valence-corrected chi connectivity index (χ0v) is 12.2. The summed E-state index contributed by atoms with van der Waals surface area (Å²) >= 11 is 4.68. The number of halogens is 1. The minimum absolute atomic E-state index is 0.164. The van der Waals surface area contributed by atoms with Crippen molar-refractivity contribution < 1.29 is 9.90 Å². The van der Waals surface area contributed by atoms with Crippen LogP contribution in [0.3, 0.4) is 0 Å². The molecule has 1 aromatic heterocycles. The molecule has 0 saturated heterocycles. The van der Waals surface area contributed by atoms with Crippen LogP contribution in [0.4, 0.5) is 0 Å². The summed E-state index contributed by atoms with van der Waals surface area (Å²) in [5, 5.41) is 12.8. The normalized spacial score (nSPS) is 12.6. The lowest BCUT2D eigenvalue weighted by molar-refractivity contribution is -0.00284. The quantitative estimate of drug-likeness (QED) is 0.902. The fourth-order valence-electron chi connectivity index (χ4n) is 0.935. The van der Waals surface area contributed by atoms with Gasteiger partial charge in [0.1, 0.15) is 0 Å². The maximum absolute atomic E-state index is 11.9. The molecule has 0 bridgehead atoms. The van der Waals surface area contributed by atoms with Crippen molar-refractivity contribution in [3.63, 3.8) is 0 Å². The Morgan fingerprint density at radius 2 is 1.94 bits per heavy atom. The number of carbonyl (C=O) groups is 1. The van der Waals surface area contributed by atoms with E-state index in [1.54, 1.807) is 33.8 Å². The van der Waals surface area contributed by atoms with E-state index in [0.29, 0.717) is 4.88 Å². The molecule has 90 valence electrons. The average molecular weight is 306 g/mol. The van der Waals surface area contributed by atoms with Crippen molar-refractivity contribution in [2.45, 2.75) is 38.8 Å². The predicted molar refractivity (Wildman–Crippen MR) is 69.9 cm³/mol. The molecule has 0 radical (unpaired) electrons. The Labute approximate surface area is 108 Å². The van der Waals surface area contributed by atoms with Crippen LogP contribution in [0, 0.1) is 0 Å². The van der Waals surface area contributed by atoms with Gasteiger partial charge in [-0.3, -0.25) is 4.79 Å². The van der Waals surface area contributed by atoms with Gasteiger partial charge in [-0.2, -0.15) is 0 Å². The van der Waals surface area contributed by atoms with E-state index in [9.17, 15) is 9.90 Å². The van der Waals surface area contributed by atoms with Gasteiger partial charge in [0.25, 0.3) is 5.91 Å². The van der Waals surface area contributed by atoms with E-state index in [0.717, 1.165) is 3.79 Å². The Hall–Kier alpha value is -0.390. The Balaban J connectivity index is 2.79. The lowest BCUT2D eigenvalue weighted by Gasteiger charge is -2.37. The highest BCUT2D eigenvalue weighted by Gasteiger charge is 2.36. The van der Waals surface area contributed by atoms with Crippen LogP contribution in [0.25, 0.3) is 0 Å². The van der Waals surface area contributed by atoms with E-state index in [-0.39, 0.29) is 5.91 Å². The van der Waals surface area contributed by atoms with Crippen LogP contribution in [0.5, 0.6) is 0 Å². The van der Waals surface area contributed by atoms with Crippen molar-refractivity contribution >= 4 is 33.2 Å². The van der Waals surface area contributed by atoms with E-state index >= 15 is 0 Å². The van der Waals surface area contributed by atoms with Gasteiger partial charge < -0.3 is 10.4 Å². The van der Waals surface area contributed by atoms with Crippen molar-refractivity contribution in [3.8, 4) is 0 Å². The van der Waals surface area contributed by atoms with Crippen molar-refractivity contribution in [1.29, 1.82) is 0 Å². The standard InChI is InChI=1S/C11H16BrNO2S/c1-10(2,11(3,4)15)13-9(14)7-5-6-8(12)16-7/h5-6,15H,1-4H3,(H,13,14). The summed E-state index contributed by atoms with van der Waals surface area (Å²) < 4.78 is 0.915. The molecule has 0 aliphatic rings. The van der Waals surface area contributed by atoms with E-state index in [4.69, 9.17) is 0 Å². The summed E-state index contributed by atoms with van der Waals surface area (Å²) in [5.74, 6) is -0.164. The molecule has 0 saturated carbocycles.